The van der Waals surface area contributed by atoms with Crippen molar-refractivity contribution in [1.29, 1.82) is 0 Å². The highest BCUT2D eigenvalue weighted by Gasteiger charge is 2.51. The Morgan fingerprint density at radius 2 is 1.83 bits per heavy atom. The Labute approximate surface area is 110 Å². The van der Waals surface area contributed by atoms with Crippen molar-refractivity contribution in [2.24, 2.45) is 11.8 Å². The first-order valence-electron chi connectivity index (χ1n) is 7.49. The van der Waals surface area contributed by atoms with E-state index in [9.17, 15) is 5.11 Å². The summed E-state index contributed by atoms with van der Waals surface area (Å²) >= 11 is 0. The third-order valence-electron chi connectivity index (χ3n) is 5.50. The maximum atomic E-state index is 10.7. The number of aliphatic hydroxyl groups excluding tert-OH is 1. The lowest BCUT2D eigenvalue weighted by Gasteiger charge is -2.53. The zero-order chi connectivity index (χ0) is 12.6. The summed E-state index contributed by atoms with van der Waals surface area (Å²) in [5, 5.41) is 10.7. The van der Waals surface area contributed by atoms with Crippen LogP contribution >= 0.6 is 0 Å². The van der Waals surface area contributed by atoms with Gasteiger partial charge in [0.1, 0.15) is 0 Å². The first kappa shape index (κ1) is 12.2. The number of benzene rings is 1. The van der Waals surface area contributed by atoms with Crippen molar-refractivity contribution in [2.45, 2.75) is 57.0 Å². The molecule has 98 valence electrons. The lowest BCUT2D eigenvalue weighted by atomic mass is 9.52. The first-order chi connectivity index (χ1) is 8.75. The molecule has 2 saturated carbocycles. The summed E-state index contributed by atoms with van der Waals surface area (Å²) in [4.78, 5) is 0. The fourth-order valence-electron chi connectivity index (χ4n) is 4.65. The number of aliphatic hydroxyl groups is 1. The number of fused-ring (bicyclic) bond motifs is 1. The van der Waals surface area contributed by atoms with E-state index >= 15 is 0 Å². The molecule has 0 radical (unpaired) electrons. The van der Waals surface area contributed by atoms with Crippen LogP contribution in [0.5, 0.6) is 0 Å². The van der Waals surface area contributed by atoms with Gasteiger partial charge in [-0.1, -0.05) is 56.5 Å². The van der Waals surface area contributed by atoms with Crippen LogP contribution in [0.2, 0.25) is 0 Å². The van der Waals surface area contributed by atoms with Gasteiger partial charge in [-0.15, -0.1) is 0 Å². The molecule has 0 bridgehead atoms. The molecule has 0 heterocycles. The summed E-state index contributed by atoms with van der Waals surface area (Å²) in [5.74, 6) is 1.44. The van der Waals surface area contributed by atoms with Crippen molar-refractivity contribution >= 4 is 0 Å². The summed E-state index contributed by atoms with van der Waals surface area (Å²) in [7, 11) is 0. The minimum Gasteiger partial charge on any atom is -0.392 e. The van der Waals surface area contributed by atoms with Gasteiger partial charge in [0.2, 0.25) is 0 Å². The van der Waals surface area contributed by atoms with Crippen molar-refractivity contribution in [2.75, 3.05) is 0 Å². The topological polar surface area (TPSA) is 20.2 Å². The molecular weight excluding hydrogens is 220 g/mol. The van der Waals surface area contributed by atoms with E-state index in [-0.39, 0.29) is 11.5 Å². The van der Waals surface area contributed by atoms with Crippen LogP contribution in [0, 0.1) is 11.8 Å². The van der Waals surface area contributed by atoms with Crippen molar-refractivity contribution in [1.82, 2.24) is 0 Å². The first-order valence-corrected chi connectivity index (χ1v) is 7.49. The van der Waals surface area contributed by atoms with Gasteiger partial charge in [-0.2, -0.15) is 0 Å². The normalized spacial score (nSPS) is 40.2. The van der Waals surface area contributed by atoms with E-state index in [1.54, 1.807) is 0 Å². The Morgan fingerprint density at radius 3 is 2.61 bits per heavy atom. The van der Waals surface area contributed by atoms with Crippen molar-refractivity contribution in [3.63, 3.8) is 0 Å². The molecular formula is C17H24O. The Bertz CT molecular complexity index is 399. The number of hydrogen-bond acceptors (Lipinski definition) is 1. The monoisotopic (exact) mass is 244 g/mol. The highest BCUT2D eigenvalue weighted by molar-refractivity contribution is 5.30. The van der Waals surface area contributed by atoms with Crippen molar-refractivity contribution in [3.8, 4) is 0 Å². The van der Waals surface area contributed by atoms with Gasteiger partial charge in [0, 0.05) is 5.41 Å². The van der Waals surface area contributed by atoms with Gasteiger partial charge in [0.15, 0.2) is 0 Å². The van der Waals surface area contributed by atoms with Gasteiger partial charge in [-0.05, 0) is 36.7 Å². The van der Waals surface area contributed by atoms with E-state index in [0.29, 0.717) is 5.92 Å². The fourth-order valence-corrected chi connectivity index (χ4v) is 4.65. The third kappa shape index (κ3) is 1.72. The lowest BCUT2D eigenvalue weighted by molar-refractivity contribution is -0.0419. The van der Waals surface area contributed by atoms with Crippen LogP contribution in [-0.2, 0) is 5.41 Å². The molecule has 3 rings (SSSR count). The highest BCUT2D eigenvalue weighted by atomic mass is 16.3. The number of hydrogen-bond donors (Lipinski definition) is 1. The molecule has 18 heavy (non-hydrogen) atoms. The average Bonchev–Trinajstić information content (AvgIpc) is 2.41. The van der Waals surface area contributed by atoms with Crippen LogP contribution in [0.1, 0.15) is 51.0 Å². The molecule has 1 aromatic rings. The van der Waals surface area contributed by atoms with Gasteiger partial charge in [-0.25, -0.2) is 0 Å². The Morgan fingerprint density at radius 1 is 1.06 bits per heavy atom. The van der Waals surface area contributed by atoms with Gasteiger partial charge in [0.25, 0.3) is 0 Å². The quantitative estimate of drug-likeness (QED) is 0.794. The van der Waals surface area contributed by atoms with Crippen molar-refractivity contribution < 1.29 is 5.11 Å². The average molecular weight is 244 g/mol. The number of rotatable bonds is 1. The molecule has 1 N–H and O–H groups in total. The SMILES string of the molecule is C[C@H]1CCC[C@]2(c3ccccc3)[C@@H](O)CCC[C@@H]12. The van der Waals surface area contributed by atoms with E-state index < -0.39 is 0 Å². The maximum absolute atomic E-state index is 10.7. The molecule has 0 unspecified atom stereocenters. The predicted molar refractivity (Wildman–Crippen MR) is 74.5 cm³/mol. The molecule has 2 fully saturated rings. The second-order valence-electron chi connectivity index (χ2n) is 6.33. The highest BCUT2D eigenvalue weighted by Crippen LogP contribution is 2.54. The van der Waals surface area contributed by atoms with Crippen LogP contribution in [0.3, 0.4) is 0 Å². The van der Waals surface area contributed by atoms with E-state index in [1.165, 1.54) is 37.7 Å². The van der Waals surface area contributed by atoms with Crippen molar-refractivity contribution in [3.05, 3.63) is 35.9 Å². The lowest BCUT2D eigenvalue weighted by Crippen LogP contribution is -2.53. The molecule has 4 atom stereocenters. The second-order valence-corrected chi connectivity index (χ2v) is 6.33. The molecule has 2 aliphatic rings. The molecule has 1 nitrogen and oxygen atoms in total. The fraction of sp³-hybridized carbons (Fsp3) is 0.647. The molecule has 1 aromatic carbocycles. The minimum absolute atomic E-state index is 0.0528. The third-order valence-corrected chi connectivity index (χ3v) is 5.50. The summed E-state index contributed by atoms with van der Waals surface area (Å²) in [6.45, 7) is 2.39. The van der Waals surface area contributed by atoms with Crippen LogP contribution in [0.4, 0.5) is 0 Å². The molecule has 0 aromatic heterocycles. The molecule has 0 spiro atoms. The zero-order valence-corrected chi connectivity index (χ0v) is 11.3. The Kier molecular flexibility index (Phi) is 3.19. The van der Waals surface area contributed by atoms with Crippen LogP contribution in [-0.4, -0.2) is 11.2 Å². The van der Waals surface area contributed by atoms with Gasteiger partial charge < -0.3 is 5.11 Å². The Hall–Kier alpha value is -0.820. The maximum Gasteiger partial charge on any atom is 0.0639 e. The summed E-state index contributed by atoms with van der Waals surface area (Å²) in [6, 6.07) is 10.8. The van der Waals surface area contributed by atoms with Gasteiger partial charge >= 0.3 is 0 Å². The molecule has 1 heteroatoms. The zero-order valence-electron chi connectivity index (χ0n) is 11.3. The van der Waals surface area contributed by atoms with E-state index in [0.717, 1.165) is 12.3 Å². The van der Waals surface area contributed by atoms with Gasteiger partial charge in [-0.3, -0.25) is 0 Å². The molecule has 0 amide bonds. The predicted octanol–water partition coefficient (Wildman–Crippen LogP) is 3.91. The standard InChI is InChI=1S/C17H24O/c1-13-7-6-12-17(14-8-3-2-4-9-14)15(13)10-5-11-16(17)18/h2-4,8-9,13,15-16,18H,5-7,10-12H2,1H3/t13-,15-,16-,17+/m0/s1. The summed E-state index contributed by atoms with van der Waals surface area (Å²) in [6.07, 6.45) is 7.13. The largest absolute Gasteiger partial charge is 0.392 e. The smallest absolute Gasteiger partial charge is 0.0639 e. The summed E-state index contributed by atoms with van der Waals surface area (Å²) < 4.78 is 0. The van der Waals surface area contributed by atoms with Gasteiger partial charge in [0.05, 0.1) is 6.10 Å². The molecule has 0 aliphatic heterocycles. The van der Waals surface area contributed by atoms with E-state index in [2.05, 4.69) is 37.3 Å². The van der Waals surface area contributed by atoms with Crippen LogP contribution < -0.4 is 0 Å². The van der Waals surface area contributed by atoms with Crippen LogP contribution in [0.15, 0.2) is 30.3 Å². The minimum atomic E-state index is -0.138. The molecule has 0 saturated heterocycles. The van der Waals surface area contributed by atoms with E-state index in [4.69, 9.17) is 0 Å². The summed E-state index contributed by atoms with van der Waals surface area (Å²) in [5.41, 5.74) is 1.44. The second kappa shape index (κ2) is 4.70. The molecule has 2 aliphatic carbocycles. The Balaban J connectivity index is 2.07. The van der Waals surface area contributed by atoms with E-state index in [1.807, 2.05) is 0 Å². The van der Waals surface area contributed by atoms with Crippen LogP contribution in [0.25, 0.3) is 0 Å².